The number of nitrogens with two attached hydrogens (primary N) is 1. The molecule has 1 aliphatic heterocycles. The van der Waals surface area contributed by atoms with Crippen molar-refractivity contribution >= 4 is 6.02 Å². The highest BCUT2D eigenvalue weighted by Gasteiger charge is 2.11. The number of ether oxygens (including phenoxy) is 1. The van der Waals surface area contributed by atoms with Crippen LogP contribution in [0.2, 0.25) is 0 Å². The summed E-state index contributed by atoms with van der Waals surface area (Å²) < 4.78 is 5.01. The van der Waals surface area contributed by atoms with Crippen LogP contribution in [0.5, 0.6) is 0 Å². The van der Waals surface area contributed by atoms with Crippen LogP contribution >= 0.6 is 0 Å². The Balaban J connectivity index is 2.32. The second-order valence-corrected chi connectivity index (χ2v) is 1.93. The fourth-order valence-corrected chi connectivity index (χ4v) is 0.701. The smallest absolute Gasteiger partial charge is 0.302 e. The van der Waals surface area contributed by atoms with Crippen LogP contribution in [-0.2, 0) is 4.74 Å². The van der Waals surface area contributed by atoms with Gasteiger partial charge in [-0.2, -0.15) is 0 Å². The van der Waals surface area contributed by atoms with Gasteiger partial charge in [-0.05, 0) is 0 Å². The first-order valence-electron chi connectivity index (χ1n) is 3.15. The third-order valence-corrected chi connectivity index (χ3v) is 1.16. The van der Waals surface area contributed by atoms with E-state index < -0.39 is 0 Å². The number of hydrogen-bond donors (Lipinski definition) is 2. The highest BCUT2D eigenvalue weighted by atomic mass is 16.5. The van der Waals surface area contributed by atoms with Crippen molar-refractivity contribution in [3.05, 3.63) is 0 Å². The second kappa shape index (κ2) is 3.38. The Morgan fingerprint density at radius 2 is 2.60 bits per heavy atom. The molecule has 0 aromatic carbocycles. The molecule has 0 saturated heterocycles. The van der Waals surface area contributed by atoms with Gasteiger partial charge in [0.2, 0.25) is 0 Å². The number of nitrogens with zero attached hydrogens (tertiary/aromatic N) is 2. The molecule has 5 heteroatoms. The largest absolute Gasteiger partial charge is 0.462 e. The van der Waals surface area contributed by atoms with Gasteiger partial charge in [-0.1, -0.05) is 0 Å². The molecule has 0 atom stereocenters. The van der Waals surface area contributed by atoms with E-state index in [2.05, 4.69) is 4.99 Å². The van der Waals surface area contributed by atoms with Crippen molar-refractivity contribution in [2.45, 2.75) is 0 Å². The van der Waals surface area contributed by atoms with E-state index in [1.54, 1.807) is 0 Å². The molecule has 0 saturated carbocycles. The molecule has 0 amide bonds. The van der Waals surface area contributed by atoms with Gasteiger partial charge in [-0.15, -0.1) is 0 Å². The SMILES string of the molecule is NN(CCO)C1=NCCO1. The minimum atomic E-state index is 0.0128. The molecule has 0 fully saturated rings. The standard InChI is InChI=1S/C5H11N3O2/c6-8(2-3-9)5-7-1-4-10-5/h9H,1-4,6H2. The van der Waals surface area contributed by atoms with Crippen molar-refractivity contribution < 1.29 is 9.84 Å². The molecule has 0 aromatic heterocycles. The molecule has 1 heterocycles. The molecule has 1 aliphatic rings. The van der Waals surface area contributed by atoms with Crippen LogP contribution in [-0.4, -0.2) is 42.4 Å². The van der Waals surface area contributed by atoms with Crippen LogP contribution < -0.4 is 5.84 Å². The fourth-order valence-electron chi connectivity index (χ4n) is 0.701. The van der Waals surface area contributed by atoms with Crippen LogP contribution in [0.3, 0.4) is 0 Å². The Morgan fingerprint density at radius 3 is 3.10 bits per heavy atom. The van der Waals surface area contributed by atoms with Gasteiger partial charge in [-0.25, -0.2) is 10.8 Å². The van der Waals surface area contributed by atoms with E-state index >= 15 is 0 Å². The zero-order valence-electron chi connectivity index (χ0n) is 5.66. The van der Waals surface area contributed by atoms with Crippen LogP contribution in [0, 0.1) is 0 Å². The molecule has 0 aromatic rings. The summed E-state index contributed by atoms with van der Waals surface area (Å²) in [6, 6.07) is 0.425. The van der Waals surface area contributed by atoms with E-state index in [0.717, 1.165) is 0 Å². The van der Waals surface area contributed by atoms with E-state index in [1.165, 1.54) is 5.01 Å². The van der Waals surface area contributed by atoms with Crippen molar-refractivity contribution in [3.8, 4) is 0 Å². The number of aliphatic hydroxyl groups is 1. The first-order chi connectivity index (χ1) is 4.84. The summed E-state index contributed by atoms with van der Waals surface area (Å²) in [6.07, 6.45) is 0. The van der Waals surface area contributed by atoms with E-state index in [0.29, 0.717) is 25.7 Å². The van der Waals surface area contributed by atoms with Crippen molar-refractivity contribution in [3.63, 3.8) is 0 Å². The van der Waals surface area contributed by atoms with E-state index in [1.807, 2.05) is 0 Å². The molecule has 58 valence electrons. The Bertz CT molecular complexity index is 137. The van der Waals surface area contributed by atoms with Gasteiger partial charge in [0.15, 0.2) is 0 Å². The summed E-state index contributed by atoms with van der Waals surface area (Å²) in [5.74, 6) is 5.41. The third-order valence-electron chi connectivity index (χ3n) is 1.16. The molecular formula is C5H11N3O2. The average molecular weight is 145 g/mol. The molecule has 10 heavy (non-hydrogen) atoms. The molecule has 0 spiro atoms. The molecule has 0 bridgehead atoms. The van der Waals surface area contributed by atoms with Gasteiger partial charge in [0.25, 0.3) is 0 Å². The molecule has 0 radical (unpaired) electrons. The van der Waals surface area contributed by atoms with Gasteiger partial charge in [0, 0.05) is 0 Å². The van der Waals surface area contributed by atoms with Gasteiger partial charge < -0.3 is 9.84 Å². The number of aliphatic imine (C=N–C) groups is 1. The Labute approximate surface area is 59.1 Å². The normalized spacial score (nSPS) is 16.4. The number of rotatable bonds is 2. The maximum Gasteiger partial charge on any atom is 0.302 e. The number of hydrazine groups is 1. The molecule has 0 unspecified atom stereocenters. The predicted octanol–water partition coefficient (Wildman–Crippen LogP) is -1.46. The lowest BCUT2D eigenvalue weighted by Gasteiger charge is -2.14. The Hall–Kier alpha value is -0.810. The van der Waals surface area contributed by atoms with Crippen LogP contribution in [0.15, 0.2) is 4.99 Å². The van der Waals surface area contributed by atoms with E-state index in [-0.39, 0.29) is 6.61 Å². The summed E-state index contributed by atoms with van der Waals surface area (Å²) in [5, 5.41) is 9.76. The zero-order valence-corrected chi connectivity index (χ0v) is 5.66. The maximum absolute atomic E-state index is 8.46. The molecule has 3 N–H and O–H groups in total. The topological polar surface area (TPSA) is 71.1 Å². The third kappa shape index (κ3) is 1.58. The second-order valence-electron chi connectivity index (χ2n) is 1.93. The van der Waals surface area contributed by atoms with Crippen molar-refractivity contribution in [1.29, 1.82) is 0 Å². The van der Waals surface area contributed by atoms with Crippen LogP contribution in [0.1, 0.15) is 0 Å². The lowest BCUT2D eigenvalue weighted by molar-refractivity contribution is 0.214. The van der Waals surface area contributed by atoms with Crippen LogP contribution in [0.4, 0.5) is 0 Å². The number of hydrogen-bond acceptors (Lipinski definition) is 5. The molecule has 1 rings (SSSR count). The highest BCUT2D eigenvalue weighted by molar-refractivity contribution is 5.74. The minimum Gasteiger partial charge on any atom is -0.462 e. The quantitative estimate of drug-likeness (QED) is 0.368. The monoisotopic (exact) mass is 145 g/mol. The van der Waals surface area contributed by atoms with Crippen molar-refractivity contribution in [2.24, 2.45) is 10.8 Å². The average Bonchev–Trinajstić information content (AvgIpc) is 2.38. The Morgan fingerprint density at radius 1 is 1.80 bits per heavy atom. The first kappa shape index (κ1) is 7.30. The zero-order chi connectivity index (χ0) is 7.40. The predicted molar refractivity (Wildman–Crippen MR) is 36.2 cm³/mol. The summed E-state index contributed by atoms with van der Waals surface area (Å²) in [5.41, 5.74) is 0. The van der Waals surface area contributed by atoms with Crippen molar-refractivity contribution in [1.82, 2.24) is 5.01 Å². The summed E-state index contributed by atoms with van der Waals surface area (Å²) in [4.78, 5) is 3.94. The molecule has 5 nitrogen and oxygen atoms in total. The lowest BCUT2D eigenvalue weighted by Crippen LogP contribution is -2.39. The van der Waals surface area contributed by atoms with Crippen LogP contribution in [0.25, 0.3) is 0 Å². The summed E-state index contributed by atoms with van der Waals surface area (Å²) >= 11 is 0. The lowest BCUT2D eigenvalue weighted by atomic mass is 10.7. The Kier molecular flexibility index (Phi) is 2.47. The molecule has 0 aliphatic carbocycles. The number of aliphatic hydroxyl groups excluding tert-OH is 1. The van der Waals surface area contributed by atoms with Gasteiger partial charge in [-0.3, -0.25) is 5.01 Å². The van der Waals surface area contributed by atoms with Gasteiger partial charge in [0.1, 0.15) is 6.61 Å². The molecular weight excluding hydrogens is 134 g/mol. The van der Waals surface area contributed by atoms with Gasteiger partial charge >= 0.3 is 6.02 Å². The van der Waals surface area contributed by atoms with Gasteiger partial charge in [0.05, 0.1) is 19.7 Å². The number of amidine groups is 1. The van der Waals surface area contributed by atoms with E-state index in [9.17, 15) is 0 Å². The summed E-state index contributed by atoms with van der Waals surface area (Å²) in [7, 11) is 0. The fraction of sp³-hybridized carbons (Fsp3) is 0.800. The highest BCUT2D eigenvalue weighted by Crippen LogP contribution is 1.95. The van der Waals surface area contributed by atoms with E-state index in [4.69, 9.17) is 15.7 Å². The maximum atomic E-state index is 8.46. The first-order valence-corrected chi connectivity index (χ1v) is 3.15. The van der Waals surface area contributed by atoms with Crippen molar-refractivity contribution in [2.75, 3.05) is 26.3 Å². The summed E-state index contributed by atoms with van der Waals surface area (Å²) in [6.45, 7) is 1.63. The minimum absolute atomic E-state index is 0.0128.